The smallest absolute Gasteiger partial charge is 0.281 e. The van der Waals surface area contributed by atoms with Gasteiger partial charge in [0.25, 0.3) is 5.91 Å². The van der Waals surface area contributed by atoms with Crippen molar-refractivity contribution in [2.75, 3.05) is 6.54 Å². The molecular formula is C23H27ClN3O+. The van der Waals surface area contributed by atoms with Crippen LogP contribution in [0.5, 0.6) is 0 Å². The molecule has 1 fully saturated rings. The Balaban J connectivity index is 1.85. The van der Waals surface area contributed by atoms with E-state index in [1.54, 1.807) is 0 Å². The third-order valence-corrected chi connectivity index (χ3v) is 6.24. The molecule has 28 heavy (non-hydrogen) atoms. The van der Waals surface area contributed by atoms with Gasteiger partial charge in [-0.2, -0.15) is 5.26 Å². The van der Waals surface area contributed by atoms with Gasteiger partial charge in [0.2, 0.25) is 0 Å². The third-order valence-electron chi connectivity index (χ3n) is 5.98. The molecule has 1 aliphatic rings. The van der Waals surface area contributed by atoms with Crippen LogP contribution in [0.1, 0.15) is 49.3 Å². The first kappa shape index (κ1) is 20.4. The van der Waals surface area contributed by atoms with Gasteiger partial charge in [0.05, 0.1) is 24.6 Å². The first-order chi connectivity index (χ1) is 13.5. The Morgan fingerprint density at radius 3 is 2.61 bits per heavy atom. The van der Waals surface area contributed by atoms with Gasteiger partial charge in [-0.15, -0.1) is 0 Å². The molecule has 3 atom stereocenters. The van der Waals surface area contributed by atoms with Crippen LogP contribution in [0.25, 0.3) is 0 Å². The number of halogens is 1. The predicted octanol–water partition coefficient (Wildman–Crippen LogP) is 3.16. The Hall–Kier alpha value is -2.35. The number of hydrogen-bond donors (Lipinski definition) is 2. The van der Waals surface area contributed by atoms with E-state index in [0.717, 1.165) is 36.9 Å². The summed E-state index contributed by atoms with van der Waals surface area (Å²) >= 11 is 6.03. The van der Waals surface area contributed by atoms with E-state index in [2.05, 4.69) is 30.6 Å². The van der Waals surface area contributed by atoms with Crippen LogP contribution in [0, 0.1) is 11.3 Å². The number of benzene rings is 2. The number of hydrogen-bond acceptors (Lipinski definition) is 2. The molecule has 1 heterocycles. The molecule has 1 amide bonds. The molecule has 2 aromatic carbocycles. The molecule has 0 radical (unpaired) electrons. The van der Waals surface area contributed by atoms with E-state index in [-0.39, 0.29) is 23.4 Å². The Morgan fingerprint density at radius 2 is 2.04 bits per heavy atom. The van der Waals surface area contributed by atoms with Crippen LogP contribution in [0.3, 0.4) is 0 Å². The van der Waals surface area contributed by atoms with Gasteiger partial charge in [0.15, 0.2) is 5.54 Å². The summed E-state index contributed by atoms with van der Waals surface area (Å²) in [5.41, 5.74) is 2.53. The number of amides is 1. The summed E-state index contributed by atoms with van der Waals surface area (Å²) in [7, 11) is 0. The van der Waals surface area contributed by atoms with Crippen LogP contribution in [-0.4, -0.2) is 24.0 Å². The molecule has 3 N–H and O–H groups in total. The molecule has 146 valence electrons. The van der Waals surface area contributed by atoms with Crippen LogP contribution in [0.2, 0.25) is 5.02 Å². The molecule has 1 aliphatic heterocycles. The molecular weight excluding hydrogens is 370 g/mol. The minimum absolute atomic E-state index is 0.0606. The van der Waals surface area contributed by atoms with Crippen molar-refractivity contribution in [1.29, 1.82) is 5.26 Å². The summed E-state index contributed by atoms with van der Waals surface area (Å²) in [6, 6.07) is 17.6. The van der Waals surface area contributed by atoms with E-state index in [1.807, 2.05) is 48.5 Å². The summed E-state index contributed by atoms with van der Waals surface area (Å²) in [5.74, 6) is 0.179. The number of nitrogens with one attached hydrogen (secondary N) is 1. The normalized spacial score (nSPS) is 20.5. The molecule has 1 saturated heterocycles. The highest BCUT2D eigenvalue weighted by atomic mass is 35.5. The molecule has 3 rings (SSSR count). The van der Waals surface area contributed by atoms with Gasteiger partial charge < -0.3 is 10.6 Å². The summed E-state index contributed by atoms with van der Waals surface area (Å²) in [6.07, 6.45) is 2.52. The van der Waals surface area contributed by atoms with Crippen molar-refractivity contribution in [3.05, 3.63) is 70.2 Å². The summed E-state index contributed by atoms with van der Waals surface area (Å²) in [4.78, 5) is 12.9. The second kappa shape index (κ2) is 8.77. The molecule has 0 aliphatic carbocycles. The lowest BCUT2D eigenvalue weighted by Crippen LogP contribution is -3.08. The Labute approximate surface area is 171 Å². The van der Waals surface area contributed by atoms with Crippen LogP contribution in [0.15, 0.2) is 48.5 Å². The largest absolute Gasteiger partial charge is 0.348 e. The zero-order valence-electron chi connectivity index (χ0n) is 16.4. The monoisotopic (exact) mass is 396 g/mol. The van der Waals surface area contributed by atoms with Crippen LogP contribution < -0.4 is 10.6 Å². The van der Waals surface area contributed by atoms with Gasteiger partial charge in [-0.25, -0.2) is 0 Å². The fourth-order valence-corrected chi connectivity index (χ4v) is 4.05. The number of carbonyl (C=O) groups is 1. The molecule has 2 aromatic rings. The SMILES string of the molecule is CCC1(C(=O)N[C@@H](C)[C@@H](Cc2ccc(Cl)cc2)c2cccc(C#N)c2)CC[NH2+]1. The minimum atomic E-state index is -0.312. The van der Waals surface area contributed by atoms with E-state index >= 15 is 0 Å². The van der Waals surface area contributed by atoms with E-state index in [1.165, 1.54) is 0 Å². The lowest BCUT2D eigenvalue weighted by Gasteiger charge is -2.38. The molecule has 5 heteroatoms. The lowest BCUT2D eigenvalue weighted by atomic mass is 9.82. The van der Waals surface area contributed by atoms with Gasteiger partial charge in [-0.05, 0) is 48.7 Å². The molecule has 0 spiro atoms. The Kier molecular flexibility index (Phi) is 6.39. The summed E-state index contributed by atoms with van der Waals surface area (Å²) < 4.78 is 0. The molecule has 0 bridgehead atoms. The van der Waals surface area contributed by atoms with Crippen molar-refractivity contribution in [2.45, 2.75) is 50.6 Å². The second-order valence-electron chi connectivity index (χ2n) is 7.69. The fraction of sp³-hybridized carbons (Fsp3) is 0.391. The highest BCUT2D eigenvalue weighted by Gasteiger charge is 2.47. The third kappa shape index (κ3) is 4.38. The average molecular weight is 397 g/mol. The molecule has 0 aromatic heterocycles. The first-order valence-electron chi connectivity index (χ1n) is 9.87. The quantitative estimate of drug-likeness (QED) is 0.754. The van der Waals surface area contributed by atoms with Gasteiger partial charge >= 0.3 is 0 Å². The highest BCUT2D eigenvalue weighted by Crippen LogP contribution is 2.27. The zero-order chi connectivity index (χ0) is 20.1. The summed E-state index contributed by atoms with van der Waals surface area (Å²) in [5, 5.41) is 15.4. The number of quaternary nitrogens is 1. The van der Waals surface area contributed by atoms with Crippen LogP contribution in [-0.2, 0) is 11.2 Å². The maximum absolute atomic E-state index is 12.9. The van der Waals surface area contributed by atoms with Crippen molar-refractivity contribution in [3.8, 4) is 6.07 Å². The number of nitrogens with two attached hydrogens (primary N) is 1. The van der Waals surface area contributed by atoms with Crippen molar-refractivity contribution < 1.29 is 10.1 Å². The topological polar surface area (TPSA) is 69.5 Å². The number of nitrogens with zero attached hydrogens (tertiary/aromatic N) is 1. The fourth-order valence-electron chi connectivity index (χ4n) is 3.93. The standard InChI is InChI=1S/C23H26ClN3O/c1-3-23(11-12-26-23)22(28)27-16(2)21(14-17-7-9-20(24)10-8-17)19-6-4-5-18(13-19)15-25/h4-10,13,16,21,26H,3,11-12,14H2,1-2H3,(H,27,28)/p+1/t16-,21+,23?/m0/s1. The van der Waals surface area contributed by atoms with E-state index in [0.29, 0.717) is 10.6 Å². The predicted molar refractivity (Wildman–Crippen MR) is 111 cm³/mol. The van der Waals surface area contributed by atoms with Crippen LogP contribution >= 0.6 is 11.6 Å². The molecule has 4 nitrogen and oxygen atoms in total. The Bertz CT molecular complexity index is 863. The molecule has 1 unspecified atom stereocenters. The zero-order valence-corrected chi connectivity index (χ0v) is 17.2. The number of rotatable bonds is 7. The van der Waals surface area contributed by atoms with Crippen molar-refractivity contribution in [1.82, 2.24) is 5.32 Å². The van der Waals surface area contributed by atoms with E-state index < -0.39 is 0 Å². The van der Waals surface area contributed by atoms with E-state index in [9.17, 15) is 10.1 Å². The maximum Gasteiger partial charge on any atom is 0.281 e. The van der Waals surface area contributed by atoms with Gasteiger partial charge in [0, 0.05) is 23.4 Å². The maximum atomic E-state index is 12.9. The molecule has 0 saturated carbocycles. The Morgan fingerprint density at radius 1 is 1.32 bits per heavy atom. The minimum Gasteiger partial charge on any atom is -0.348 e. The average Bonchev–Trinajstić information content (AvgIpc) is 2.67. The van der Waals surface area contributed by atoms with Gasteiger partial charge in [0.1, 0.15) is 0 Å². The number of nitriles is 1. The second-order valence-corrected chi connectivity index (χ2v) is 8.13. The van der Waals surface area contributed by atoms with Gasteiger partial charge in [-0.3, -0.25) is 4.79 Å². The highest BCUT2D eigenvalue weighted by molar-refractivity contribution is 6.30. The van der Waals surface area contributed by atoms with Crippen molar-refractivity contribution in [3.63, 3.8) is 0 Å². The van der Waals surface area contributed by atoms with Crippen molar-refractivity contribution >= 4 is 17.5 Å². The lowest BCUT2D eigenvalue weighted by molar-refractivity contribution is -0.768. The van der Waals surface area contributed by atoms with Crippen molar-refractivity contribution in [2.24, 2.45) is 0 Å². The van der Waals surface area contributed by atoms with Gasteiger partial charge in [-0.1, -0.05) is 42.8 Å². The summed E-state index contributed by atoms with van der Waals surface area (Å²) in [6.45, 7) is 5.13. The number of carbonyl (C=O) groups excluding carboxylic acids is 1. The first-order valence-corrected chi connectivity index (χ1v) is 10.2. The van der Waals surface area contributed by atoms with Crippen LogP contribution in [0.4, 0.5) is 0 Å². The van der Waals surface area contributed by atoms with E-state index in [4.69, 9.17) is 11.6 Å².